The molecule has 0 aromatic rings. The molecule has 0 bridgehead atoms. The van der Waals surface area contributed by atoms with Gasteiger partial charge in [0.2, 0.25) is 0 Å². The van der Waals surface area contributed by atoms with Crippen LogP contribution in [0.4, 0.5) is 65.9 Å². The molecule has 1 N–H and O–H groups in total. The summed E-state index contributed by atoms with van der Waals surface area (Å²) in [6, 6.07) is 0. The van der Waals surface area contributed by atoms with E-state index in [2.05, 4.69) is 0 Å². The van der Waals surface area contributed by atoms with Gasteiger partial charge in [-0.1, -0.05) is 0 Å². The molecule has 0 saturated carbocycles. The Balaban J connectivity index is 6.96. The lowest BCUT2D eigenvalue weighted by Gasteiger charge is -2.42. The third-order valence-corrected chi connectivity index (χ3v) is 3.60. The van der Waals surface area contributed by atoms with Crippen LogP contribution in [0.25, 0.3) is 0 Å². The highest BCUT2D eigenvalue weighted by Crippen LogP contribution is 2.64. The van der Waals surface area contributed by atoms with Gasteiger partial charge in [0.1, 0.15) is 0 Å². The minimum Gasteiger partial charge on any atom is -0.281 e. The summed E-state index contributed by atoms with van der Waals surface area (Å²) in [5.41, 5.74) is -8.52. The maximum atomic E-state index is 13.0. The van der Waals surface area contributed by atoms with Crippen molar-refractivity contribution in [2.24, 2.45) is 0 Å². The Labute approximate surface area is 131 Å². The first-order valence-corrected chi connectivity index (χ1v) is 6.49. The Bertz CT molecular complexity index is 627. The monoisotopic (exact) mass is 450 g/mol. The van der Waals surface area contributed by atoms with Gasteiger partial charge in [-0.05, 0) is 0 Å². The third-order valence-electron chi connectivity index (χ3n) is 2.69. The smallest absolute Gasteiger partial charge is 0.281 e. The average Bonchev–Trinajstić information content (AvgIpc) is 2.32. The molecule has 0 radical (unpaired) electrons. The van der Waals surface area contributed by atoms with Gasteiger partial charge in [0.25, 0.3) is 0 Å². The first-order valence-electron chi connectivity index (χ1n) is 5.05. The number of hydrogen-bond donors (Lipinski definition) is 1. The van der Waals surface area contributed by atoms with Crippen molar-refractivity contribution in [2.75, 3.05) is 0 Å². The highest BCUT2D eigenvalue weighted by Gasteiger charge is 2.96. The summed E-state index contributed by atoms with van der Waals surface area (Å²) < 4.78 is 216. The van der Waals surface area contributed by atoms with Crippen molar-refractivity contribution in [3.8, 4) is 0 Å². The standard InChI is InChI=1S/C7HF15O3S/c8-1(5(15,16)17,6(18,19)20)2(9,10)3(11,12)4(13,14)7(21,22)26(23,24)25/h(H,23,24,25). The van der Waals surface area contributed by atoms with Crippen LogP contribution in [0.3, 0.4) is 0 Å². The Morgan fingerprint density at radius 3 is 0.962 bits per heavy atom. The lowest BCUT2D eigenvalue weighted by Crippen LogP contribution is -2.75. The molecular formula is C7HF15O3S. The second-order valence-electron chi connectivity index (χ2n) is 4.37. The van der Waals surface area contributed by atoms with Gasteiger partial charge in [0.15, 0.2) is 0 Å². The minimum atomic E-state index is -8.73. The second-order valence-corrected chi connectivity index (χ2v) is 5.83. The molecule has 0 atom stereocenters. The zero-order valence-electron chi connectivity index (χ0n) is 10.8. The fourth-order valence-electron chi connectivity index (χ4n) is 1.27. The Morgan fingerprint density at radius 2 is 0.769 bits per heavy atom. The van der Waals surface area contributed by atoms with E-state index in [1.54, 1.807) is 0 Å². The Kier molecular flexibility index (Phi) is 5.43. The van der Waals surface area contributed by atoms with Crippen molar-refractivity contribution in [2.45, 2.75) is 41.0 Å². The summed E-state index contributed by atoms with van der Waals surface area (Å²) in [6.07, 6.45) is -16.2. The quantitative estimate of drug-likeness (QED) is 0.505. The van der Waals surface area contributed by atoms with E-state index in [0.717, 1.165) is 0 Å². The number of rotatable bonds is 5. The number of alkyl halides is 15. The zero-order chi connectivity index (χ0) is 22.0. The van der Waals surface area contributed by atoms with E-state index in [-0.39, 0.29) is 0 Å². The van der Waals surface area contributed by atoms with Crippen LogP contribution in [0.1, 0.15) is 0 Å². The molecular weight excluding hydrogens is 449 g/mol. The Morgan fingerprint density at radius 1 is 0.500 bits per heavy atom. The SMILES string of the molecule is O=S(=O)(O)C(F)(F)C(F)(F)C(F)(F)C(F)(F)C(F)(C(F)(F)F)C(F)(F)F. The molecule has 0 unspecified atom stereocenters. The van der Waals surface area contributed by atoms with E-state index in [1.165, 1.54) is 0 Å². The van der Waals surface area contributed by atoms with Gasteiger partial charge in [0.05, 0.1) is 0 Å². The molecule has 19 heteroatoms. The fourth-order valence-corrected chi connectivity index (χ4v) is 1.73. The van der Waals surface area contributed by atoms with Crippen molar-refractivity contribution < 1.29 is 78.8 Å². The van der Waals surface area contributed by atoms with Gasteiger partial charge >= 0.3 is 51.2 Å². The van der Waals surface area contributed by atoms with E-state index >= 15 is 0 Å². The third kappa shape index (κ3) is 2.85. The molecule has 3 nitrogen and oxygen atoms in total. The predicted molar refractivity (Wildman–Crippen MR) is 47.3 cm³/mol. The molecule has 0 spiro atoms. The number of halogens is 15. The van der Waals surface area contributed by atoms with Crippen molar-refractivity contribution in [1.82, 2.24) is 0 Å². The molecule has 158 valence electrons. The van der Waals surface area contributed by atoms with Gasteiger partial charge in [-0.25, -0.2) is 4.39 Å². The highest BCUT2D eigenvalue weighted by atomic mass is 32.2. The molecule has 0 fully saturated rings. The maximum absolute atomic E-state index is 13.0. The van der Waals surface area contributed by atoms with Crippen LogP contribution in [0, 0.1) is 0 Å². The Hall–Kier alpha value is -1.14. The van der Waals surface area contributed by atoms with Crippen LogP contribution in [0.5, 0.6) is 0 Å². The normalized spacial score (nSPS) is 16.8. The molecule has 0 rings (SSSR count). The molecule has 0 aliphatic carbocycles. The molecule has 26 heavy (non-hydrogen) atoms. The van der Waals surface area contributed by atoms with Crippen LogP contribution in [0.15, 0.2) is 0 Å². The van der Waals surface area contributed by atoms with E-state index in [1.807, 2.05) is 0 Å². The molecule has 0 aliphatic rings. The summed E-state index contributed by atoms with van der Waals surface area (Å²) in [6.45, 7) is 0. The largest absolute Gasteiger partial charge is 0.438 e. The molecule has 0 saturated heterocycles. The van der Waals surface area contributed by atoms with Gasteiger partial charge in [-0.3, -0.25) is 4.55 Å². The lowest BCUT2D eigenvalue weighted by molar-refractivity contribution is -0.452. The zero-order valence-corrected chi connectivity index (χ0v) is 11.7. The van der Waals surface area contributed by atoms with Crippen LogP contribution in [-0.2, 0) is 10.1 Å². The van der Waals surface area contributed by atoms with Crippen molar-refractivity contribution >= 4 is 10.1 Å². The van der Waals surface area contributed by atoms with Gasteiger partial charge in [-0.2, -0.15) is 69.9 Å². The summed E-state index contributed by atoms with van der Waals surface area (Å²) in [5, 5.41) is -7.75. The molecule has 0 amide bonds. The van der Waals surface area contributed by atoms with Crippen LogP contribution in [0.2, 0.25) is 0 Å². The van der Waals surface area contributed by atoms with Crippen LogP contribution >= 0.6 is 0 Å². The lowest BCUT2D eigenvalue weighted by atomic mass is 9.87. The first-order chi connectivity index (χ1) is 10.8. The minimum absolute atomic E-state index is 7.66. The van der Waals surface area contributed by atoms with Gasteiger partial charge in [0, 0.05) is 0 Å². The molecule has 0 heterocycles. The molecule has 0 aromatic heterocycles. The van der Waals surface area contributed by atoms with E-state index in [9.17, 15) is 74.3 Å². The molecule has 0 aromatic carbocycles. The van der Waals surface area contributed by atoms with Crippen molar-refractivity contribution in [1.29, 1.82) is 0 Å². The summed E-state index contributed by atoms with van der Waals surface area (Å²) >= 11 is 0. The topological polar surface area (TPSA) is 54.4 Å². The van der Waals surface area contributed by atoms with Crippen molar-refractivity contribution in [3.63, 3.8) is 0 Å². The maximum Gasteiger partial charge on any atom is 0.438 e. The summed E-state index contributed by atoms with van der Waals surface area (Å²) in [4.78, 5) is 0. The highest BCUT2D eigenvalue weighted by molar-refractivity contribution is 7.87. The van der Waals surface area contributed by atoms with E-state index in [4.69, 9.17) is 4.55 Å². The predicted octanol–water partition coefficient (Wildman–Crippen LogP) is 4.21. The average molecular weight is 450 g/mol. The molecule has 0 aliphatic heterocycles. The van der Waals surface area contributed by atoms with Crippen molar-refractivity contribution in [3.05, 3.63) is 0 Å². The van der Waals surface area contributed by atoms with Crippen LogP contribution < -0.4 is 0 Å². The van der Waals surface area contributed by atoms with E-state index < -0.39 is 51.2 Å². The fraction of sp³-hybridized carbons (Fsp3) is 1.00. The van der Waals surface area contributed by atoms with Crippen LogP contribution in [-0.4, -0.2) is 54.0 Å². The second kappa shape index (κ2) is 5.68. The van der Waals surface area contributed by atoms with Gasteiger partial charge < -0.3 is 0 Å². The van der Waals surface area contributed by atoms with Gasteiger partial charge in [-0.15, -0.1) is 0 Å². The summed E-state index contributed by atoms with van der Waals surface area (Å²) in [7, 11) is -7.80. The number of hydrogen-bond acceptors (Lipinski definition) is 2. The first kappa shape index (κ1) is 24.9. The van der Waals surface area contributed by atoms with E-state index in [0.29, 0.717) is 0 Å². The summed E-state index contributed by atoms with van der Waals surface area (Å²) in [5.74, 6) is -25.7.